The molecule has 262 valence electrons. The van der Waals surface area contributed by atoms with Crippen molar-refractivity contribution < 1.29 is 0 Å². The van der Waals surface area contributed by atoms with Gasteiger partial charge in [-0.3, -0.25) is 0 Å². The summed E-state index contributed by atoms with van der Waals surface area (Å²) in [6.07, 6.45) is 0. The highest BCUT2D eigenvalue weighted by Gasteiger charge is 2.22. The van der Waals surface area contributed by atoms with Crippen LogP contribution >= 0.6 is 0 Å². The van der Waals surface area contributed by atoms with Crippen LogP contribution in [0.5, 0.6) is 0 Å². The molecule has 0 atom stereocenters. The Morgan fingerprint density at radius 2 is 0.732 bits per heavy atom. The largest absolute Gasteiger partial charge is 0.310 e. The summed E-state index contributed by atoms with van der Waals surface area (Å²) in [7, 11) is 0. The summed E-state index contributed by atoms with van der Waals surface area (Å²) in [5, 5.41) is 10.0. The lowest BCUT2D eigenvalue weighted by molar-refractivity contribution is 1.18. The molecule has 2 heteroatoms. The second-order valence-electron chi connectivity index (χ2n) is 14.5. The van der Waals surface area contributed by atoms with Gasteiger partial charge < -0.3 is 9.47 Å². The third-order valence-electron chi connectivity index (χ3n) is 11.4. The lowest BCUT2D eigenvalue weighted by atomic mass is 9.93. The minimum absolute atomic E-state index is 1.09. The SMILES string of the molecule is c1ccc(-c2ccccc2N(c2ccc3c4ccccc4c4ccccc4c3c2)c2ccc3c4ccccc4n(-c4ccccc4-c4ccccc4)c3c2)cc1. The van der Waals surface area contributed by atoms with Crippen LogP contribution in [0.4, 0.5) is 17.1 Å². The van der Waals surface area contributed by atoms with Gasteiger partial charge in [0, 0.05) is 33.3 Å². The Kier molecular flexibility index (Phi) is 7.53. The second kappa shape index (κ2) is 13.2. The van der Waals surface area contributed by atoms with E-state index in [-0.39, 0.29) is 0 Å². The average Bonchev–Trinajstić information content (AvgIpc) is 3.61. The predicted octanol–water partition coefficient (Wildman–Crippen LogP) is 15.0. The zero-order chi connectivity index (χ0) is 37.0. The summed E-state index contributed by atoms with van der Waals surface area (Å²) in [5.41, 5.74) is 11.6. The summed E-state index contributed by atoms with van der Waals surface area (Å²) in [6, 6.07) is 79.5. The molecule has 1 aromatic heterocycles. The van der Waals surface area contributed by atoms with Crippen LogP contribution in [0.3, 0.4) is 0 Å². The van der Waals surface area contributed by atoms with Crippen LogP contribution in [-0.4, -0.2) is 4.57 Å². The first-order valence-electron chi connectivity index (χ1n) is 19.3. The minimum atomic E-state index is 1.09. The predicted molar refractivity (Wildman–Crippen MR) is 239 cm³/mol. The van der Waals surface area contributed by atoms with Gasteiger partial charge in [-0.15, -0.1) is 0 Å². The van der Waals surface area contributed by atoms with E-state index in [0.29, 0.717) is 0 Å². The van der Waals surface area contributed by atoms with Crippen molar-refractivity contribution >= 4 is 71.2 Å². The van der Waals surface area contributed by atoms with E-state index in [2.05, 4.69) is 228 Å². The number of anilines is 3. The number of benzene rings is 10. The normalized spacial score (nSPS) is 11.6. The zero-order valence-electron chi connectivity index (χ0n) is 30.7. The van der Waals surface area contributed by atoms with Gasteiger partial charge in [-0.25, -0.2) is 0 Å². The second-order valence-corrected chi connectivity index (χ2v) is 14.5. The third kappa shape index (κ3) is 5.11. The van der Waals surface area contributed by atoms with Gasteiger partial charge in [0.2, 0.25) is 0 Å². The number of nitrogens with zero attached hydrogens (tertiary/aromatic N) is 2. The van der Waals surface area contributed by atoms with E-state index in [0.717, 1.165) is 28.3 Å². The van der Waals surface area contributed by atoms with Gasteiger partial charge in [0.1, 0.15) is 0 Å². The standard InChI is InChI=1S/C54H36N2/c1-3-17-37(18-4-1)41-21-11-14-28-51(41)55(39-31-33-47-45-25-8-7-23-43(45)44-24-9-10-26-46(44)50(47)35-39)40-32-34-49-48-27-13-16-30-53(48)56(54(49)36-40)52-29-15-12-22-42(52)38-19-5-2-6-20-38/h1-36H. The number of hydrogen-bond donors (Lipinski definition) is 0. The van der Waals surface area contributed by atoms with Gasteiger partial charge in [0.05, 0.1) is 22.4 Å². The minimum Gasteiger partial charge on any atom is -0.310 e. The first kappa shape index (κ1) is 32.0. The van der Waals surface area contributed by atoms with E-state index in [9.17, 15) is 0 Å². The van der Waals surface area contributed by atoms with E-state index < -0.39 is 0 Å². The lowest BCUT2D eigenvalue weighted by Gasteiger charge is -2.29. The quantitative estimate of drug-likeness (QED) is 0.156. The fourth-order valence-electron chi connectivity index (χ4n) is 8.88. The van der Waals surface area contributed by atoms with Gasteiger partial charge >= 0.3 is 0 Å². The summed E-state index contributed by atoms with van der Waals surface area (Å²) in [6.45, 7) is 0. The maximum atomic E-state index is 2.46. The molecule has 0 aliphatic heterocycles. The Bertz CT molecular complexity index is 3210. The summed E-state index contributed by atoms with van der Waals surface area (Å²) in [4.78, 5) is 2.45. The van der Waals surface area contributed by atoms with Gasteiger partial charge in [-0.2, -0.15) is 0 Å². The maximum Gasteiger partial charge on any atom is 0.0562 e. The Balaban J connectivity index is 1.21. The number of rotatable bonds is 6. The molecule has 0 spiro atoms. The molecule has 0 N–H and O–H groups in total. The van der Waals surface area contributed by atoms with Gasteiger partial charge in [-0.05, 0) is 85.9 Å². The topological polar surface area (TPSA) is 8.17 Å². The number of hydrogen-bond acceptors (Lipinski definition) is 1. The maximum absolute atomic E-state index is 2.46. The zero-order valence-corrected chi connectivity index (χ0v) is 30.7. The number of fused-ring (bicyclic) bond motifs is 9. The highest BCUT2D eigenvalue weighted by atomic mass is 15.1. The van der Waals surface area contributed by atoms with Crippen molar-refractivity contribution in [2.24, 2.45) is 0 Å². The molecule has 11 rings (SSSR count). The van der Waals surface area contributed by atoms with Crippen molar-refractivity contribution in [3.63, 3.8) is 0 Å². The molecule has 0 amide bonds. The average molecular weight is 713 g/mol. The Labute approximate surface area is 325 Å². The van der Waals surface area contributed by atoms with Gasteiger partial charge in [-0.1, -0.05) is 176 Å². The molecule has 0 aliphatic rings. The smallest absolute Gasteiger partial charge is 0.0562 e. The van der Waals surface area contributed by atoms with Crippen molar-refractivity contribution in [1.29, 1.82) is 0 Å². The van der Waals surface area contributed by atoms with Crippen LogP contribution < -0.4 is 4.90 Å². The van der Waals surface area contributed by atoms with E-state index in [1.165, 1.54) is 70.9 Å². The van der Waals surface area contributed by atoms with E-state index >= 15 is 0 Å². The molecule has 0 saturated carbocycles. The molecule has 0 radical (unpaired) electrons. The van der Waals surface area contributed by atoms with Crippen LogP contribution in [0.15, 0.2) is 218 Å². The van der Waals surface area contributed by atoms with Crippen molar-refractivity contribution in [3.8, 4) is 27.9 Å². The Morgan fingerprint density at radius 1 is 0.286 bits per heavy atom. The van der Waals surface area contributed by atoms with Crippen molar-refractivity contribution in [1.82, 2.24) is 4.57 Å². The van der Waals surface area contributed by atoms with E-state index in [1.54, 1.807) is 0 Å². The molecular weight excluding hydrogens is 677 g/mol. The Hall–Kier alpha value is -7.42. The highest BCUT2D eigenvalue weighted by molar-refractivity contribution is 6.26. The molecule has 0 fully saturated rings. The van der Waals surface area contributed by atoms with Crippen molar-refractivity contribution in [2.75, 3.05) is 4.90 Å². The van der Waals surface area contributed by atoms with E-state index in [4.69, 9.17) is 0 Å². The number of aromatic nitrogens is 1. The van der Waals surface area contributed by atoms with Crippen LogP contribution in [0.25, 0.3) is 82.1 Å². The molecule has 11 aromatic rings. The molecule has 56 heavy (non-hydrogen) atoms. The van der Waals surface area contributed by atoms with E-state index in [1.807, 2.05) is 0 Å². The molecule has 2 nitrogen and oxygen atoms in total. The molecule has 0 unspecified atom stereocenters. The Morgan fingerprint density at radius 3 is 1.41 bits per heavy atom. The molecule has 1 heterocycles. The fraction of sp³-hybridized carbons (Fsp3) is 0. The van der Waals surface area contributed by atoms with Crippen molar-refractivity contribution in [2.45, 2.75) is 0 Å². The van der Waals surface area contributed by atoms with Crippen LogP contribution in [0.1, 0.15) is 0 Å². The van der Waals surface area contributed by atoms with Gasteiger partial charge in [0.25, 0.3) is 0 Å². The van der Waals surface area contributed by atoms with Crippen molar-refractivity contribution in [3.05, 3.63) is 218 Å². The molecule has 0 bridgehead atoms. The van der Waals surface area contributed by atoms with Gasteiger partial charge in [0.15, 0.2) is 0 Å². The fourth-order valence-corrected chi connectivity index (χ4v) is 8.88. The first-order chi connectivity index (χ1) is 27.8. The summed E-state index contributed by atoms with van der Waals surface area (Å²) in [5.74, 6) is 0. The highest BCUT2D eigenvalue weighted by Crippen LogP contribution is 2.46. The molecule has 0 aliphatic carbocycles. The van der Waals surface area contributed by atoms with Crippen LogP contribution in [0, 0.1) is 0 Å². The lowest BCUT2D eigenvalue weighted by Crippen LogP contribution is -2.11. The van der Waals surface area contributed by atoms with Crippen LogP contribution in [-0.2, 0) is 0 Å². The summed E-state index contributed by atoms with van der Waals surface area (Å²) < 4.78 is 2.46. The third-order valence-corrected chi connectivity index (χ3v) is 11.4. The monoisotopic (exact) mass is 712 g/mol. The molecule has 10 aromatic carbocycles. The summed E-state index contributed by atoms with van der Waals surface area (Å²) >= 11 is 0. The number of para-hydroxylation sites is 3. The first-order valence-corrected chi connectivity index (χ1v) is 19.3. The van der Waals surface area contributed by atoms with Crippen LogP contribution in [0.2, 0.25) is 0 Å². The molecular formula is C54H36N2. The molecule has 0 saturated heterocycles.